The summed E-state index contributed by atoms with van der Waals surface area (Å²) in [4.78, 5) is 13.1. The molecule has 24 heavy (non-hydrogen) atoms. The first-order valence-electron chi connectivity index (χ1n) is 8.28. The molecule has 1 aliphatic carbocycles. The number of nitro groups is 1. The van der Waals surface area contributed by atoms with Gasteiger partial charge < -0.3 is 9.64 Å². The number of fused-ring (bicyclic) bond motifs is 1. The molecule has 1 fully saturated rings. The van der Waals surface area contributed by atoms with Crippen molar-refractivity contribution in [3.05, 3.63) is 69.3 Å². The van der Waals surface area contributed by atoms with Gasteiger partial charge in [0.1, 0.15) is 0 Å². The maximum atomic E-state index is 11.1. The highest BCUT2D eigenvalue weighted by Crippen LogP contribution is 2.47. The van der Waals surface area contributed by atoms with Crippen molar-refractivity contribution in [3.63, 3.8) is 0 Å². The van der Waals surface area contributed by atoms with Crippen LogP contribution in [0.4, 0.5) is 11.4 Å². The third kappa shape index (κ3) is 2.45. The summed E-state index contributed by atoms with van der Waals surface area (Å²) < 4.78 is 5.29. The number of rotatable bonds is 4. The second-order valence-corrected chi connectivity index (χ2v) is 6.65. The lowest BCUT2D eigenvalue weighted by molar-refractivity contribution is -0.384. The van der Waals surface area contributed by atoms with E-state index in [4.69, 9.17) is 4.74 Å². The largest absolute Gasteiger partial charge is 0.380 e. The molecule has 0 amide bonds. The molecule has 0 atom stereocenters. The van der Waals surface area contributed by atoms with Crippen molar-refractivity contribution in [3.8, 4) is 0 Å². The van der Waals surface area contributed by atoms with Crippen molar-refractivity contribution in [2.24, 2.45) is 0 Å². The molecular formula is C19H20N2O3. The van der Waals surface area contributed by atoms with E-state index in [-0.39, 0.29) is 10.6 Å². The summed E-state index contributed by atoms with van der Waals surface area (Å²) >= 11 is 0. The molecule has 0 aromatic heterocycles. The van der Waals surface area contributed by atoms with Crippen LogP contribution in [0.5, 0.6) is 0 Å². The van der Waals surface area contributed by atoms with Crippen LogP contribution in [0.25, 0.3) is 0 Å². The van der Waals surface area contributed by atoms with Crippen LogP contribution in [0.3, 0.4) is 0 Å². The predicted molar refractivity (Wildman–Crippen MR) is 92.2 cm³/mol. The number of non-ortho nitro benzene ring substituents is 1. The standard InChI is InChI=1S/C19H20N2O3/c1-24-12-15-10-16(21(22)23)6-7-19(15)20-11-13-4-2-3-5-18(13)14-8-17(20)9-14/h2-7,10,14,17H,8-9,11-12H2,1H3. The van der Waals surface area contributed by atoms with Gasteiger partial charge in [-0.2, -0.15) is 0 Å². The van der Waals surface area contributed by atoms with E-state index in [1.807, 2.05) is 6.07 Å². The number of hydrogen-bond acceptors (Lipinski definition) is 4. The van der Waals surface area contributed by atoms with Crippen molar-refractivity contribution in [2.45, 2.75) is 38.0 Å². The Balaban J connectivity index is 1.74. The smallest absolute Gasteiger partial charge is 0.269 e. The molecule has 1 saturated carbocycles. The number of nitro benzene ring substituents is 1. The first-order chi connectivity index (χ1) is 11.7. The second kappa shape index (κ2) is 5.91. The molecule has 2 bridgehead atoms. The van der Waals surface area contributed by atoms with E-state index in [1.54, 1.807) is 19.2 Å². The summed E-state index contributed by atoms with van der Waals surface area (Å²) in [5.74, 6) is 0.653. The molecule has 0 saturated heterocycles. The van der Waals surface area contributed by atoms with Crippen molar-refractivity contribution >= 4 is 11.4 Å². The first-order valence-corrected chi connectivity index (χ1v) is 8.28. The van der Waals surface area contributed by atoms with E-state index >= 15 is 0 Å². The Morgan fingerprint density at radius 3 is 2.79 bits per heavy atom. The molecule has 0 N–H and O–H groups in total. The van der Waals surface area contributed by atoms with Crippen LogP contribution in [0, 0.1) is 10.1 Å². The SMILES string of the molecule is COCc1cc([N+](=O)[O-])ccc1N1Cc2ccccc2C2CC1C2. The Morgan fingerprint density at radius 1 is 1.25 bits per heavy atom. The van der Waals surface area contributed by atoms with E-state index in [0.29, 0.717) is 18.6 Å². The Morgan fingerprint density at radius 2 is 2.04 bits per heavy atom. The summed E-state index contributed by atoms with van der Waals surface area (Å²) in [7, 11) is 1.62. The molecule has 0 unspecified atom stereocenters. The van der Waals surface area contributed by atoms with Crippen LogP contribution in [0.15, 0.2) is 42.5 Å². The van der Waals surface area contributed by atoms with Gasteiger partial charge in [0.25, 0.3) is 5.69 Å². The third-order valence-corrected chi connectivity index (χ3v) is 5.27. The summed E-state index contributed by atoms with van der Waals surface area (Å²) in [6.45, 7) is 1.23. The Kier molecular flexibility index (Phi) is 3.73. The molecule has 3 aliphatic rings. The average Bonchev–Trinajstić information content (AvgIpc) is 2.80. The molecule has 5 nitrogen and oxygen atoms in total. The van der Waals surface area contributed by atoms with Gasteiger partial charge in [0.2, 0.25) is 0 Å². The van der Waals surface area contributed by atoms with Gasteiger partial charge in [-0.15, -0.1) is 0 Å². The first kappa shape index (κ1) is 15.1. The highest BCUT2D eigenvalue weighted by molar-refractivity contribution is 5.60. The molecule has 0 spiro atoms. The zero-order chi connectivity index (χ0) is 16.7. The van der Waals surface area contributed by atoms with Crippen LogP contribution < -0.4 is 4.90 Å². The minimum absolute atomic E-state index is 0.118. The van der Waals surface area contributed by atoms with Crippen molar-refractivity contribution in [1.82, 2.24) is 0 Å². The van der Waals surface area contributed by atoms with Crippen LogP contribution in [0.2, 0.25) is 0 Å². The van der Waals surface area contributed by atoms with Gasteiger partial charge in [-0.25, -0.2) is 0 Å². The van der Waals surface area contributed by atoms with E-state index in [2.05, 4.69) is 29.2 Å². The molecule has 5 rings (SSSR count). The van der Waals surface area contributed by atoms with Gasteiger partial charge in [-0.05, 0) is 36.0 Å². The van der Waals surface area contributed by atoms with Gasteiger partial charge in [0.15, 0.2) is 0 Å². The monoisotopic (exact) mass is 324 g/mol. The fourth-order valence-electron chi connectivity index (χ4n) is 4.00. The topological polar surface area (TPSA) is 55.6 Å². The lowest BCUT2D eigenvalue weighted by atomic mass is 9.75. The lowest BCUT2D eigenvalue weighted by Gasteiger charge is -2.41. The minimum Gasteiger partial charge on any atom is -0.380 e. The fourth-order valence-corrected chi connectivity index (χ4v) is 4.00. The van der Waals surface area contributed by atoms with E-state index in [0.717, 1.165) is 30.6 Å². The third-order valence-electron chi connectivity index (χ3n) is 5.27. The Hall–Kier alpha value is -2.40. The van der Waals surface area contributed by atoms with Crippen molar-refractivity contribution in [1.29, 1.82) is 0 Å². The van der Waals surface area contributed by atoms with Crippen molar-refractivity contribution in [2.75, 3.05) is 12.0 Å². The van der Waals surface area contributed by atoms with Gasteiger partial charge in [0, 0.05) is 43.1 Å². The van der Waals surface area contributed by atoms with Gasteiger partial charge in [-0.1, -0.05) is 24.3 Å². The number of hydrogen-bond donors (Lipinski definition) is 0. The normalized spacial score (nSPS) is 21.6. The van der Waals surface area contributed by atoms with Crippen molar-refractivity contribution < 1.29 is 9.66 Å². The molecule has 2 aromatic rings. The molecule has 5 heteroatoms. The zero-order valence-electron chi connectivity index (χ0n) is 13.6. The lowest BCUT2D eigenvalue weighted by Crippen LogP contribution is -2.41. The van der Waals surface area contributed by atoms with Gasteiger partial charge in [0.05, 0.1) is 11.5 Å². The number of anilines is 1. The van der Waals surface area contributed by atoms with Crippen LogP contribution in [-0.4, -0.2) is 18.1 Å². The number of benzene rings is 2. The molecule has 124 valence electrons. The van der Waals surface area contributed by atoms with Gasteiger partial charge >= 0.3 is 0 Å². The molecule has 2 aliphatic heterocycles. The fraction of sp³-hybridized carbons (Fsp3) is 0.368. The maximum absolute atomic E-state index is 11.1. The van der Waals surface area contributed by atoms with E-state index < -0.39 is 0 Å². The molecule has 0 radical (unpaired) electrons. The molecule has 2 heterocycles. The Bertz CT molecular complexity index is 784. The summed E-state index contributed by atoms with van der Waals surface area (Å²) in [6, 6.07) is 14.3. The molecule has 2 aromatic carbocycles. The molecular weight excluding hydrogens is 304 g/mol. The predicted octanol–water partition coefficient (Wildman–Crippen LogP) is 4.01. The average molecular weight is 324 g/mol. The van der Waals surface area contributed by atoms with Crippen LogP contribution in [-0.2, 0) is 17.9 Å². The number of ether oxygens (including phenoxy) is 1. The number of methoxy groups -OCH3 is 1. The second-order valence-electron chi connectivity index (χ2n) is 6.65. The zero-order valence-corrected chi connectivity index (χ0v) is 13.6. The number of nitrogens with zero attached hydrogens (tertiary/aromatic N) is 2. The maximum Gasteiger partial charge on any atom is 0.269 e. The van der Waals surface area contributed by atoms with E-state index in [9.17, 15) is 10.1 Å². The summed E-state index contributed by atoms with van der Waals surface area (Å²) in [5, 5.41) is 11.1. The van der Waals surface area contributed by atoms with Crippen LogP contribution in [0.1, 0.15) is 35.4 Å². The highest BCUT2D eigenvalue weighted by Gasteiger charge is 2.39. The Labute approximate surface area is 141 Å². The minimum atomic E-state index is -0.347. The summed E-state index contributed by atoms with van der Waals surface area (Å²) in [5.41, 5.74) is 4.89. The van der Waals surface area contributed by atoms with E-state index in [1.165, 1.54) is 11.1 Å². The summed E-state index contributed by atoms with van der Waals surface area (Å²) in [6.07, 6.45) is 2.31. The highest BCUT2D eigenvalue weighted by atomic mass is 16.6. The quantitative estimate of drug-likeness (QED) is 0.630. The van der Waals surface area contributed by atoms with Gasteiger partial charge in [-0.3, -0.25) is 10.1 Å². The van der Waals surface area contributed by atoms with Crippen LogP contribution >= 0.6 is 0 Å².